The molecule has 1 heterocycles. The van der Waals surface area contributed by atoms with Crippen LogP contribution in [0.5, 0.6) is 0 Å². The smallest absolute Gasteiger partial charge is 0.258 e. The first-order valence-corrected chi connectivity index (χ1v) is 8.11. The summed E-state index contributed by atoms with van der Waals surface area (Å²) in [6.07, 6.45) is 6.36. The van der Waals surface area contributed by atoms with E-state index in [9.17, 15) is 9.59 Å². The molecule has 0 saturated heterocycles. The van der Waals surface area contributed by atoms with Gasteiger partial charge in [-0.25, -0.2) is 0 Å². The molecule has 1 aromatic carbocycles. The molecule has 2 atom stereocenters. The maximum atomic E-state index is 12.2. The van der Waals surface area contributed by atoms with Gasteiger partial charge in [0.2, 0.25) is 5.91 Å². The molecule has 6 nitrogen and oxygen atoms in total. The fourth-order valence-electron chi connectivity index (χ4n) is 3.04. The van der Waals surface area contributed by atoms with Crippen molar-refractivity contribution in [2.75, 3.05) is 10.6 Å². The molecule has 1 aliphatic carbocycles. The second kappa shape index (κ2) is 8.69. The predicted molar refractivity (Wildman–Crippen MR) is 98.9 cm³/mol. The fraction of sp³-hybridized carbons (Fsp3) is 0.333. The van der Waals surface area contributed by atoms with Crippen LogP contribution in [0.15, 0.2) is 47.3 Å². The van der Waals surface area contributed by atoms with E-state index in [1.54, 1.807) is 30.3 Å². The summed E-state index contributed by atoms with van der Waals surface area (Å²) < 4.78 is 4.89. The molecular weight excluding hydrogens is 342 g/mol. The minimum Gasteiger partial charge on any atom is -0.472 e. The van der Waals surface area contributed by atoms with Gasteiger partial charge in [-0.05, 0) is 43.0 Å². The van der Waals surface area contributed by atoms with Crippen molar-refractivity contribution in [1.82, 2.24) is 0 Å². The average Bonchev–Trinajstić information content (AvgIpc) is 3.20. The third-order valence-corrected chi connectivity index (χ3v) is 4.35. The monoisotopic (exact) mass is 363 g/mol. The summed E-state index contributed by atoms with van der Waals surface area (Å²) >= 11 is 0. The number of rotatable bonds is 5. The normalized spacial score (nSPS) is 19.1. The molecule has 0 bridgehead atoms. The van der Waals surface area contributed by atoms with E-state index in [1.807, 2.05) is 0 Å². The number of amides is 2. The van der Waals surface area contributed by atoms with Gasteiger partial charge in [0.05, 0.1) is 11.8 Å². The molecule has 1 saturated carbocycles. The van der Waals surface area contributed by atoms with Crippen molar-refractivity contribution in [1.29, 1.82) is 0 Å². The zero-order valence-electron chi connectivity index (χ0n) is 13.7. The van der Waals surface area contributed by atoms with Gasteiger partial charge >= 0.3 is 0 Å². The van der Waals surface area contributed by atoms with E-state index in [-0.39, 0.29) is 36.2 Å². The summed E-state index contributed by atoms with van der Waals surface area (Å²) in [6, 6.07) is 8.77. The molecule has 1 fully saturated rings. The average molecular weight is 364 g/mol. The van der Waals surface area contributed by atoms with E-state index >= 15 is 0 Å². The Morgan fingerprint density at radius 1 is 1.16 bits per heavy atom. The molecule has 2 aromatic rings. The second-order valence-electron chi connectivity index (χ2n) is 6.15. The van der Waals surface area contributed by atoms with Crippen LogP contribution in [-0.2, 0) is 4.79 Å². The van der Waals surface area contributed by atoms with E-state index in [0.29, 0.717) is 23.4 Å². The summed E-state index contributed by atoms with van der Waals surface area (Å²) in [4.78, 5) is 24.2. The Balaban J connectivity index is 0.00000225. The van der Waals surface area contributed by atoms with Crippen molar-refractivity contribution in [2.24, 2.45) is 11.7 Å². The van der Waals surface area contributed by atoms with Crippen LogP contribution in [0.1, 0.15) is 36.0 Å². The fourth-order valence-corrected chi connectivity index (χ4v) is 3.04. The number of hydrogen-bond donors (Lipinski definition) is 3. The molecule has 4 N–H and O–H groups in total. The van der Waals surface area contributed by atoms with Gasteiger partial charge in [0.1, 0.15) is 6.26 Å². The van der Waals surface area contributed by atoms with E-state index in [1.165, 1.54) is 12.5 Å². The SMILES string of the molecule is Cl.N[C@@H]1CCC[C@H]1CC(=O)Nc1cccc(NC(=O)c2ccoc2)c1. The molecule has 3 rings (SSSR count). The molecule has 1 aromatic heterocycles. The van der Waals surface area contributed by atoms with Crippen molar-refractivity contribution in [3.05, 3.63) is 48.4 Å². The highest BCUT2D eigenvalue weighted by atomic mass is 35.5. The quantitative estimate of drug-likeness (QED) is 0.758. The summed E-state index contributed by atoms with van der Waals surface area (Å²) in [7, 11) is 0. The van der Waals surface area contributed by atoms with E-state index < -0.39 is 0 Å². The molecule has 0 aliphatic heterocycles. The Morgan fingerprint density at radius 2 is 1.92 bits per heavy atom. The standard InChI is InChI=1S/C18H21N3O3.ClH/c19-16-6-1-3-12(16)9-17(22)20-14-4-2-5-15(10-14)21-18(23)13-7-8-24-11-13;/h2,4-5,7-8,10-12,16H,1,3,6,9,19H2,(H,20,22)(H,21,23);1H/t12-,16+;/m0./s1. The molecule has 0 unspecified atom stereocenters. The minimum absolute atomic E-state index is 0. The molecule has 25 heavy (non-hydrogen) atoms. The molecule has 1 aliphatic rings. The zero-order valence-corrected chi connectivity index (χ0v) is 14.6. The molecule has 2 amide bonds. The topological polar surface area (TPSA) is 97.4 Å². The summed E-state index contributed by atoms with van der Waals surface area (Å²) in [5, 5.41) is 5.64. The summed E-state index contributed by atoms with van der Waals surface area (Å²) in [5.41, 5.74) is 7.71. The first-order valence-electron chi connectivity index (χ1n) is 8.11. The van der Waals surface area contributed by atoms with Gasteiger partial charge in [0, 0.05) is 23.8 Å². The van der Waals surface area contributed by atoms with Gasteiger partial charge in [-0.2, -0.15) is 0 Å². The Labute approximate surface area is 152 Å². The third-order valence-electron chi connectivity index (χ3n) is 4.35. The van der Waals surface area contributed by atoms with Crippen molar-refractivity contribution in [3.63, 3.8) is 0 Å². The van der Waals surface area contributed by atoms with E-state index in [0.717, 1.165) is 19.3 Å². The predicted octanol–water partition coefficient (Wildman–Crippen LogP) is 3.41. The molecule has 0 spiro atoms. The molecule has 7 heteroatoms. The lowest BCUT2D eigenvalue weighted by atomic mass is 10.00. The van der Waals surface area contributed by atoms with Gasteiger partial charge in [0.25, 0.3) is 5.91 Å². The number of furan rings is 1. The van der Waals surface area contributed by atoms with Crippen LogP contribution in [0.2, 0.25) is 0 Å². The lowest BCUT2D eigenvalue weighted by Gasteiger charge is -2.15. The largest absolute Gasteiger partial charge is 0.472 e. The lowest BCUT2D eigenvalue weighted by Crippen LogP contribution is -2.28. The number of anilines is 2. The van der Waals surface area contributed by atoms with Gasteiger partial charge < -0.3 is 20.8 Å². The van der Waals surface area contributed by atoms with Crippen molar-refractivity contribution < 1.29 is 14.0 Å². The van der Waals surface area contributed by atoms with Crippen molar-refractivity contribution in [2.45, 2.75) is 31.7 Å². The van der Waals surface area contributed by atoms with Gasteiger partial charge in [0.15, 0.2) is 0 Å². The van der Waals surface area contributed by atoms with Crippen LogP contribution in [0.25, 0.3) is 0 Å². The van der Waals surface area contributed by atoms with E-state index in [2.05, 4.69) is 10.6 Å². The highest BCUT2D eigenvalue weighted by Crippen LogP contribution is 2.27. The van der Waals surface area contributed by atoms with Crippen LogP contribution in [0.3, 0.4) is 0 Å². The van der Waals surface area contributed by atoms with Gasteiger partial charge in [-0.15, -0.1) is 12.4 Å². The Bertz CT molecular complexity index is 718. The number of hydrogen-bond acceptors (Lipinski definition) is 4. The van der Waals surface area contributed by atoms with Crippen LogP contribution in [-0.4, -0.2) is 17.9 Å². The van der Waals surface area contributed by atoms with E-state index in [4.69, 9.17) is 10.2 Å². The Morgan fingerprint density at radius 3 is 2.56 bits per heavy atom. The number of carbonyl (C=O) groups excluding carboxylic acids is 2. The van der Waals surface area contributed by atoms with Crippen molar-refractivity contribution >= 4 is 35.6 Å². The highest BCUT2D eigenvalue weighted by molar-refractivity contribution is 6.04. The molecule has 0 radical (unpaired) electrons. The minimum atomic E-state index is -0.260. The molecule has 134 valence electrons. The number of benzene rings is 1. The first-order chi connectivity index (χ1) is 11.6. The van der Waals surface area contributed by atoms with Crippen LogP contribution in [0, 0.1) is 5.92 Å². The van der Waals surface area contributed by atoms with Crippen molar-refractivity contribution in [3.8, 4) is 0 Å². The maximum Gasteiger partial charge on any atom is 0.258 e. The Kier molecular flexibility index (Phi) is 6.61. The number of nitrogens with one attached hydrogen (secondary N) is 2. The number of nitrogens with two attached hydrogens (primary N) is 1. The first kappa shape index (κ1) is 19.0. The number of carbonyl (C=O) groups is 2. The zero-order chi connectivity index (χ0) is 16.9. The number of halogens is 1. The maximum absolute atomic E-state index is 12.2. The van der Waals surface area contributed by atoms with Crippen LogP contribution in [0.4, 0.5) is 11.4 Å². The molecular formula is C18H22ClN3O3. The highest BCUT2D eigenvalue weighted by Gasteiger charge is 2.26. The second-order valence-corrected chi connectivity index (χ2v) is 6.15. The Hall–Kier alpha value is -2.31. The van der Waals surface area contributed by atoms with Crippen LogP contribution >= 0.6 is 12.4 Å². The third kappa shape index (κ3) is 5.08. The lowest BCUT2D eigenvalue weighted by molar-refractivity contribution is -0.117. The summed E-state index contributed by atoms with van der Waals surface area (Å²) in [5.74, 6) is -0.0474. The van der Waals surface area contributed by atoms with Crippen LogP contribution < -0.4 is 16.4 Å². The summed E-state index contributed by atoms with van der Waals surface area (Å²) in [6.45, 7) is 0. The van der Waals surface area contributed by atoms with Gasteiger partial charge in [-0.3, -0.25) is 9.59 Å². The van der Waals surface area contributed by atoms with Gasteiger partial charge in [-0.1, -0.05) is 12.5 Å².